The molecule has 82 valence electrons. The number of nitrogens with one attached hydrogen (secondary N) is 1. The van der Waals surface area contributed by atoms with E-state index >= 15 is 0 Å². The molecule has 0 spiro atoms. The number of ether oxygens (including phenoxy) is 2. The van der Waals surface area contributed by atoms with Gasteiger partial charge >= 0.3 is 0 Å². The summed E-state index contributed by atoms with van der Waals surface area (Å²) in [6.45, 7) is 1.05. The molecular weight excluding hydrogens is 192 g/mol. The zero-order valence-electron chi connectivity index (χ0n) is 9.12. The van der Waals surface area contributed by atoms with E-state index in [1.54, 1.807) is 20.4 Å². The van der Waals surface area contributed by atoms with Crippen LogP contribution in [0.5, 0.6) is 11.6 Å². The fourth-order valence-electron chi connectivity index (χ4n) is 2.03. The third kappa shape index (κ3) is 1.90. The summed E-state index contributed by atoms with van der Waals surface area (Å²) in [7, 11) is 3.31. The summed E-state index contributed by atoms with van der Waals surface area (Å²) in [4.78, 5) is 4.21. The Hall–Kier alpha value is -1.29. The minimum Gasteiger partial charge on any atom is -0.496 e. The lowest BCUT2D eigenvalue weighted by Gasteiger charge is -2.17. The Morgan fingerprint density at radius 1 is 1.40 bits per heavy atom. The van der Waals surface area contributed by atoms with E-state index in [-0.39, 0.29) is 0 Å². The molecule has 0 bridgehead atoms. The number of hydrogen-bond donors (Lipinski definition) is 1. The van der Waals surface area contributed by atoms with Gasteiger partial charge in [0.2, 0.25) is 5.88 Å². The quantitative estimate of drug-likeness (QED) is 0.818. The van der Waals surface area contributed by atoms with Gasteiger partial charge in [-0.25, -0.2) is 4.98 Å². The van der Waals surface area contributed by atoms with Gasteiger partial charge in [-0.15, -0.1) is 0 Å². The van der Waals surface area contributed by atoms with Gasteiger partial charge < -0.3 is 14.8 Å². The van der Waals surface area contributed by atoms with Crippen LogP contribution in [0.1, 0.15) is 24.4 Å². The maximum Gasteiger partial charge on any atom is 0.221 e. The molecule has 2 rings (SSSR count). The van der Waals surface area contributed by atoms with Gasteiger partial charge in [0.25, 0.3) is 0 Å². The van der Waals surface area contributed by atoms with E-state index < -0.39 is 0 Å². The minimum absolute atomic E-state index is 0.309. The number of nitrogens with zero attached hydrogens (tertiary/aromatic N) is 1. The summed E-state index contributed by atoms with van der Waals surface area (Å²) in [5.41, 5.74) is 1.04. The third-order valence-electron chi connectivity index (χ3n) is 2.74. The van der Waals surface area contributed by atoms with Crippen LogP contribution in [0.15, 0.2) is 12.3 Å². The van der Waals surface area contributed by atoms with E-state index in [0.717, 1.165) is 24.3 Å². The largest absolute Gasteiger partial charge is 0.496 e. The molecule has 1 saturated heterocycles. The first-order valence-corrected chi connectivity index (χ1v) is 5.17. The van der Waals surface area contributed by atoms with E-state index in [1.165, 1.54) is 6.42 Å². The van der Waals surface area contributed by atoms with E-state index in [1.807, 2.05) is 6.07 Å². The molecule has 1 N–H and O–H groups in total. The first-order valence-electron chi connectivity index (χ1n) is 5.17. The minimum atomic E-state index is 0.309. The summed E-state index contributed by atoms with van der Waals surface area (Å²) in [6, 6.07) is 2.18. The highest BCUT2D eigenvalue weighted by atomic mass is 16.5. The fraction of sp³-hybridized carbons (Fsp3) is 0.545. The van der Waals surface area contributed by atoms with Gasteiger partial charge in [-0.05, 0) is 25.5 Å². The van der Waals surface area contributed by atoms with Crippen LogP contribution in [0, 0.1) is 0 Å². The molecule has 0 aliphatic carbocycles. The maximum absolute atomic E-state index is 5.34. The Morgan fingerprint density at radius 2 is 2.27 bits per heavy atom. The van der Waals surface area contributed by atoms with Crippen LogP contribution in [-0.2, 0) is 0 Å². The molecule has 1 aromatic heterocycles. The Balaban J connectivity index is 2.39. The molecule has 0 amide bonds. The number of rotatable bonds is 3. The van der Waals surface area contributed by atoms with Crippen LogP contribution >= 0.6 is 0 Å². The van der Waals surface area contributed by atoms with Gasteiger partial charge in [0.15, 0.2) is 0 Å². The van der Waals surface area contributed by atoms with Gasteiger partial charge in [-0.3, -0.25) is 0 Å². The summed E-state index contributed by atoms with van der Waals surface area (Å²) in [5, 5.41) is 3.42. The van der Waals surface area contributed by atoms with Crippen molar-refractivity contribution in [3.8, 4) is 11.6 Å². The predicted molar refractivity (Wildman–Crippen MR) is 57.3 cm³/mol. The van der Waals surface area contributed by atoms with Gasteiger partial charge in [0.1, 0.15) is 5.75 Å². The summed E-state index contributed by atoms with van der Waals surface area (Å²) in [6.07, 6.45) is 4.00. The van der Waals surface area contributed by atoms with Crippen LogP contribution in [-0.4, -0.2) is 25.7 Å². The maximum atomic E-state index is 5.34. The second-order valence-corrected chi connectivity index (χ2v) is 3.59. The lowest BCUT2D eigenvalue weighted by Crippen LogP contribution is -2.15. The van der Waals surface area contributed by atoms with E-state index in [2.05, 4.69) is 10.3 Å². The fourth-order valence-corrected chi connectivity index (χ4v) is 2.03. The molecule has 1 atom stereocenters. The Kier molecular flexibility index (Phi) is 3.06. The summed E-state index contributed by atoms with van der Waals surface area (Å²) >= 11 is 0. The molecule has 15 heavy (non-hydrogen) atoms. The molecule has 4 heteroatoms. The van der Waals surface area contributed by atoms with Crippen LogP contribution in [0.25, 0.3) is 0 Å². The number of methoxy groups -OCH3 is 2. The molecule has 1 aliphatic rings. The molecular formula is C11H16N2O2. The van der Waals surface area contributed by atoms with Crippen molar-refractivity contribution in [2.75, 3.05) is 20.8 Å². The Morgan fingerprint density at radius 3 is 2.87 bits per heavy atom. The highest BCUT2D eigenvalue weighted by molar-refractivity contribution is 5.42. The van der Waals surface area contributed by atoms with E-state index in [0.29, 0.717) is 11.9 Å². The smallest absolute Gasteiger partial charge is 0.221 e. The highest BCUT2D eigenvalue weighted by Crippen LogP contribution is 2.36. The Bertz CT molecular complexity index is 313. The molecule has 1 aromatic rings. The number of pyridine rings is 1. The summed E-state index contributed by atoms with van der Waals surface area (Å²) in [5.74, 6) is 1.51. The van der Waals surface area contributed by atoms with E-state index in [9.17, 15) is 0 Å². The average molecular weight is 208 g/mol. The van der Waals surface area contributed by atoms with Crippen molar-refractivity contribution in [3.63, 3.8) is 0 Å². The average Bonchev–Trinajstić information content (AvgIpc) is 2.81. The zero-order chi connectivity index (χ0) is 10.7. The van der Waals surface area contributed by atoms with Gasteiger partial charge in [0.05, 0.1) is 19.8 Å². The lowest BCUT2D eigenvalue weighted by atomic mass is 10.1. The van der Waals surface area contributed by atoms with Crippen LogP contribution < -0.4 is 14.8 Å². The molecule has 1 fully saturated rings. The predicted octanol–water partition coefficient (Wildman–Crippen LogP) is 1.52. The lowest BCUT2D eigenvalue weighted by molar-refractivity contribution is 0.364. The zero-order valence-corrected chi connectivity index (χ0v) is 9.12. The van der Waals surface area contributed by atoms with Crippen molar-refractivity contribution in [1.82, 2.24) is 10.3 Å². The third-order valence-corrected chi connectivity index (χ3v) is 2.74. The van der Waals surface area contributed by atoms with Crippen LogP contribution in [0.4, 0.5) is 0 Å². The van der Waals surface area contributed by atoms with Crippen molar-refractivity contribution in [2.45, 2.75) is 18.9 Å². The molecule has 0 radical (unpaired) electrons. The van der Waals surface area contributed by atoms with Gasteiger partial charge in [0, 0.05) is 12.2 Å². The monoisotopic (exact) mass is 208 g/mol. The first-order chi connectivity index (χ1) is 7.36. The van der Waals surface area contributed by atoms with Crippen molar-refractivity contribution in [2.24, 2.45) is 0 Å². The number of hydrogen-bond acceptors (Lipinski definition) is 4. The van der Waals surface area contributed by atoms with Crippen molar-refractivity contribution in [1.29, 1.82) is 0 Å². The standard InChI is InChI=1S/C11H16N2O2/c1-14-9-5-7-13-11(15-2)10(9)8-4-3-6-12-8/h5,7-8,12H,3-4,6H2,1-2H3. The van der Waals surface area contributed by atoms with E-state index in [4.69, 9.17) is 9.47 Å². The van der Waals surface area contributed by atoms with Crippen molar-refractivity contribution in [3.05, 3.63) is 17.8 Å². The highest BCUT2D eigenvalue weighted by Gasteiger charge is 2.24. The topological polar surface area (TPSA) is 43.4 Å². The van der Waals surface area contributed by atoms with Gasteiger partial charge in [-0.1, -0.05) is 0 Å². The normalized spacial score (nSPS) is 20.3. The molecule has 0 saturated carbocycles. The van der Waals surface area contributed by atoms with Crippen LogP contribution in [0.2, 0.25) is 0 Å². The van der Waals surface area contributed by atoms with Crippen LogP contribution in [0.3, 0.4) is 0 Å². The molecule has 1 unspecified atom stereocenters. The summed E-state index contributed by atoms with van der Waals surface area (Å²) < 4.78 is 10.6. The number of aromatic nitrogens is 1. The molecule has 0 aromatic carbocycles. The molecule has 4 nitrogen and oxygen atoms in total. The SMILES string of the molecule is COc1ccnc(OC)c1C1CCCN1. The van der Waals surface area contributed by atoms with Crippen molar-refractivity contribution < 1.29 is 9.47 Å². The second kappa shape index (κ2) is 4.49. The second-order valence-electron chi connectivity index (χ2n) is 3.59. The molecule has 2 heterocycles. The van der Waals surface area contributed by atoms with Crippen molar-refractivity contribution >= 4 is 0 Å². The Labute approximate surface area is 89.6 Å². The molecule has 1 aliphatic heterocycles. The first kappa shape index (κ1) is 10.2. The van der Waals surface area contributed by atoms with Gasteiger partial charge in [-0.2, -0.15) is 0 Å².